The lowest BCUT2D eigenvalue weighted by Crippen LogP contribution is -2.29. The Morgan fingerprint density at radius 1 is 1.25 bits per heavy atom. The molecule has 0 bridgehead atoms. The van der Waals surface area contributed by atoms with Crippen LogP contribution < -0.4 is 5.32 Å². The second-order valence-electron chi connectivity index (χ2n) is 4.85. The molecule has 0 saturated heterocycles. The fourth-order valence-corrected chi connectivity index (χ4v) is 2.13. The Bertz CT molecular complexity index is 549. The van der Waals surface area contributed by atoms with Crippen molar-refractivity contribution >= 4 is 5.91 Å². The van der Waals surface area contributed by atoms with Crippen LogP contribution in [0.1, 0.15) is 23.8 Å². The number of hydrogen-bond acceptors (Lipinski definition) is 2. The number of nitrogens with zero attached hydrogens (tertiary/aromatic N) is 1. The molecule has 4 heteroatoms. The molecule has 4 nitrogen and oxygen atoms in total. The number of aliphatic hydroxyl groups excluding tert-OH is 1. The minimum Gasteiger partial charge on any atom is -0.385 e. The van der Waals surface area contributed by atoms with E-state index in [1.807, 2.05) is 60.3 Å². The van der Waals surface area contributed by atoms with Crippen molar-refractivity contribution < 1.29 is 9.90 Å². The Morgan fingerprint density at radius 3 is 2.65 bits per heavy atom. The molecule has 0 spiro atoms. The van der Waals surface area contributed by atoms with Gasteiger partial charge in [0.15, 0.2) is 0 Å². The largest absolute Gasteiger partial charge is 0.385 e. The van der Waals surface area contributed by atoms with E-state index in [-0.39, 0.29) is 12.5 Å². The summed E-state index contributed by atoms with van der Waals surface area (Å²) in [5.74, 6) is -0.0397. The van der Waals surface area contributed by atoms with Gasteiger partial charge in [0.1, 0.15) is 6.10 Å². The van der Waals surface area contributed by atoms with Gasteiger partial charge < -0.3 is 15.0 Å². The van der Waals surface area contributed by atoms with Crippen molar-refractivity contribution in [3.05, 3.63) is 59.9 Å². The zero-order chi connectivity index (χ0) is 14.4. The first kappa shape index (κ1) is 14.3. The first-order chi connectivity index (χ1) is 9.66. The van der Waals surface area contributed by atoms with Gasteiger partial charge in [-0.15, -0.1) is 0 Å². The van der Waals surface area contributed by atoms with Crippen LogP contribution in [0.5, 0.6) is 0 Å². The predicted molar refractivity (Wildman–Crippen MR) is 78.1 cm³/mol. The highest BCUT2D eigenvalue weighted by Gasteiger charge is 2.11. The predicted octanol–water partition coefficient (Wildman–Crippen LogP) is 1.81. The van der Waals surface area contributed by atoms with Crippen molar-refractivity contribution in [2.75, 3.05) is 6.54 Å². The maximum atomic E-state index is 11.7. The van der Waals surface area contributed by atoms with Gasteiger partial charge in [0.2, 0.25) is 5.91 Å². The molecule has 106 valence electrons. The summed E-state index contributed by atoms with van der Waals surface area (Å²) in [7, 11) is 1.87. The average Bonchev–Trinajstić information content (AvgIpc) is 2.90. The van der Waals surface area contributed by atoms with Crippen LogP contribution in [0.15, 0.2) is 48.7 Å². The van der Waals surface area contributed by atoms with E-state index in [9.17, 15) is 9.90 Å². The van der Waals surface area contributed by atoms with Crippen LogP contribution in [0, 0.1) is 0 Å². The zero-order valence-electron chi connectivity index (χ0n) is 11.6. The molecule has 2 rings (SSSR count). The highest BCUT2D eigenvalue weighted by molar-refractivity contribution is 5.76. The molecule has 20 heavy (non-hydrogen) atoms. The van der Waals surface area contributed by atoms with Crippen LogP contribution in [-0.2, 0) is 18.3 Å². The number of nitrogens with one attached hydrogen (secondary N) is 1. The summed E-state index contributed by atoms with van der Waals surface area (Å²) in [5, 5.41) is 12.8. The smallest absolute Gasteiger partial charge is 0.220 e. The lowest BCUT2D eigenvalue weighted by Gasteiger charge is -2.13. The number of aliphatic hydroxyl groups is 1. The van der Waals surface area contributed by atoms with E-state index < -0.39 is 6.10 Å². The molecule has 0 fully saturated rings. The Labute approximate surface area is 119 Å². The summed E-state index contributed by atoms with van der Waals surface area (Å²) >= 11 is 0. The van der Waals surface area contributed by atoms with E-state index >= 15 is 0 Å². The molecule has 0 radical (unpaired) electrons. The number of carbonyl (C=O) groups is 1. The minimum atomic E-state index is -0.671. The summed E-state index contributed by atoms with van der Waals surface area (Å²) in [6, 6.07) is 13.6. The molecule has 0 aliphatic heterocycles. The molecule has 0 aliphatic carbocycles. The SMILES string of the molecule is Cn1cccc1[C@H](O)CNC(=O)CCc1ccccc1. The van der Waals surface area contributed by atoms with Crippen molar-refractivity contribution in [1.82, 2.24) is 9.88 Å². The number of amides is 1. The van der Waals surface area contributed by atoms with Gasteiger partial charge in [-0.2, -0.15) is 0 Å². The molecule has 1 atom stereocenters. The average molecular weight is 272 g/mol. The summed E-state index contributed by atoms with van der Waals surface area (Å²) in [6.07, 6.45) is 2.35. The topological polar surface area (TPSA) is 54.3 Å². The normalized spacial score (nSPS) is 12.1. The number of benzene rings is 1. The highest BCUT2D eigenvalue weighted by atomic mass is 16.3. The Kier molecular flexibility index (Phi) is 4.96. The van der Waals surface area contributed by atoms with E-state index in [1.165, 1.54) is 0 Å². The molecule has 1 heterocycles. The Balaban J connectivity index is 1.74. The third-order valence-electron chi connectivity index (χ3n) is 3.30. The van der Waals surface area contributed by atoms with Crippen molar-refractivity contribution in [2.45, 2.75) is 18.9 Å². The lowest BCUT2D eigenvalue weighted by molar-refractivity contribution is -0.121. The van der Waals surface area contributed by atoms with E-state index in [1.54, 1.807) is 0 Å². The number of carbonyl (C=O) groups excluding carboxylic acids is 1. The van der Waals surface area contributed by atoms with Crippen molar-refractivity contribution in [3.8, 4) is 0 Å². The molecule has 0 aliphatic rings. The van der Waals surface area contributed by atoms with Crippen LogP contribution in [0.3, 0.4) is 0 Å². The first-order valence-corrected chi connectivity index (χ1v) is 6.76. The van der Waals surface area contributed by atoms with Gasteiger partial charge in [0.25, 0.3) is 0 Å². The van der Waals surface area contributed by atoms with Gasteiger partial charge in [-0.05, 0) is 24.1 Å². The van der Waals surface area contributed by atoms with Gasteiger partial charge in [-0.3, -0.25) is 4.79 Å². The molecular weight excluding hydrogens is 252 g/mol. The minimum absolute atomic E-state index is 0.0397. The van der Waals surface area contributed by atoms with E-state index in [0.717, 1.165) is 11.3 Å². The fraction of sp³-hybridized carbons (Fsp3) is 0.312. The number of hydrogen-bond donors (Lipinski definition) is 2. The van der Waals surface area contributed by atoms with Gasteiger partial charge in [-0.25, -0.2) is 0 Å². The highest BCUT2D eigenvalue weighted by Crippen LogP contribution is 2.11. The van der Waals surface area contributed by atoms with Crippen LogP contribution in [0.2, 0.25) is 0 Å². The lowest BCUT2D eigenvalue weighted by atomic mass is 10.1. The van der Waals surface area contributed by atoms with Crippen LogP contribution in [0.4, 0.5) is 0 Å². The van der Waals surface area contributed by atoms with Crippen molar-refractivity contribution in [2.24, 2.45) is 7.05 Å². The molecule has 1 amide bonds. The summed E-state index contributed by atoms with van der Waals surface area (Å²) in [5.41, 5.74) is 1.94. The van der Waals surface area contributed by atoms with Gasteiger partial charge in [0.05, 0.1) is 0 Å². The van der Waals surface area contributed by atoms with Gasteiger partial charge in [0, 0.05) is 31.9 Å². The Morgan fingerprint density at radius 2 is 2.00 bits per heavy atom. The number of aryl methyl sites for hydroxylation is 2. The third-order valence-corrected chi connectivity index (χ3v) is 3.30. The molecule has 0 saturated carbocycles. The van der Waals surface area contributed by atoms with Crippen LogP contribution in [0.25, 0.3) is 0 Å². The van der Waals surface area contributed by atoms with Crippen molar-refractivity contribution in [1.29, 1.82) is 0 Å². The molecule has 2 aromatic rings. The Hall–Kier alpha value is -2.07. The number of aromatic nitrogens is 1. The van der Waals surface area contributed by atoms with Crippen LogP contribution >= 0.6 is 0 Å². The van der Waals surface area contributed by atoms with E-state index in [2.05, 4.69) is 5.32 Å². The monoisotopic (exact) mass is 272 g/mol. The standard InChI is InChI=1S/C16H20N2O2/c1-18-11-5-8-14(18)15(19)12-17-16(20)10-9-13-6-3-2-4-7-13/h2-8,11,15,19H,9-10,12H2,1H3,(H,17,20)/t15-/m1/s1. The van der Waals surface area contributed by atoms with E-state index in [0.29, 0.717) is 12.8 Å². The molecule has 1 aromatic heterocycles. The molecule has 2 N–H and O–H groups in total. The maximum absolute atomic E-state index is 11.7. The molecule has 1 aromatic carbocycles. The second kappa shape index (κ2) is 6.91. The first-order valence-electron chi connectivity index (χ1n) is 6.76. The maximum Gasteiger partial charge on any atom is 0.220 e. The second-order valence-corrected chi connectivity index (χ2v) is 4.85. The van der Waals surface area contributed by atoms with Crippen LogP contribution in [-0.4, -0.2) is 22.1 Å². The number of rotatable bonds is 6. The van der Waals surface area contributed by atoms with Gasteiger partial charge >= 0.3 is 0 Å². The van der Waals surface area contributed by atoms with Crippen molar-refractivity contribution in [3.63, 3.8) is 0 Å². The third kappa shape index (κ3) is 3.96. The molecular formula is C16H20N2O2. The van der Waals surface area contributed by atoms with E-state index in [4.69, 9.17) is 0 Å². The summed E-state index contributed by atoms with van der Waals surface area (Å²) < 4.78 is 1.85. The summed E-state index contributed by atoms with van der Waals surface area (Å²) in [4.78, 5) is 11.7. The molecule has 0 unspecified atom stereocenters. The quantitative estimate of drug-likeness (QED) is 0.842. The van der Waals surface area contributed by atoms with Gasteiger partial charge in [-0.1, -0.05) is 30.3 Å². The summed E-state index contributed by atoms with van der Waals surface area (Å²) in [6.45, 7) is 0.242. The fourth-order valence-electron chi connectivity index (χ4n) is 2.13. The zero-order valence-corrected chi connectivity index (χ0v) is 11.6.